The molecule has 0 rings (SSSR count). The fourth-order valence-electron chi connectivity index (χ4n) is 0. The maximum atomic E-state index is 8.00. The molecule has 0 aliphatic rings. The largest absolute Gasteiger partial charge is 1.00 e. The van der Waals surface area contributed by atoms with Gasteiger partial charge in [0, 0.05) is 0 Å². The van der Waals surface area contributed by atoms with Crippen molar-refractivity contribution in [2.45, 2.75) is 0 Å². The summed E-state index contributed by atoms with van der Waals surface area (Å²) in [4.78, 5) is 8.00. The second-order valence-corrected chi connectivity index (χ2v) is 0. The molecule has 4 heavy (non-hydrogen) atoms. The van der Waals surface area contributed by atoms with Crippen molar-refractivity contribution in [1.82, 2.24) is 0 Å². The summed E-state index contributed by atoms with van der Waals surface area (Å²) < 4.78 is 0. The Morgan fingerprint density at radius 1 is 1.25 bits per heavy atom. The van der Waals surface area contributed by atoms with Crippen LogP contribution in [0, 0.1) is 0 Å². The second-order valence-electron chi connectivity index (χ2n) is 0. The Labute approximate surface area is 52.5 Å². The van der Waals surface area contributed by atoms with Gasteiger partial charge in [0.1, 0.15) is 6.79 Å². The van der Waals surface area contributed by atoms with Gasteiger partial charge >= 0.3 is 37.7 Å². The number of hydrogen-bond donors (Lipinski definition) is 0. The van der Waals surface area contributed by atoms with Crippen LogP contribution in [0.4, 0.5) is 0 Å². The van der Waals surface area contributed by atoms with Crippen molar-refractivity contribution >= 4 is 6.79 Å². The van der Waals surface area contributed by atoms with Crippen LogP contribution >= 0.6 is 0 Å². The van der Waals surface area contributed by atoms with Gasteiger partial charge in [-0.15, -0.1) is 0 Å². The van der Waals surface area contributed by atoms with Crippen LogP contribution in [0.15, 0.2) is 0 Å². The Kier molecular flexibility index (Phi) is 222. The van der Waals surface area contributed by atoms with Gasteiger partial charge in [-0.3, -0.25) is 0 Å². The quantitative estimate of drug-likeness (QED) is 0.248. The van der Waals surface area contributed by atoms with Crippen molar-refractivity contribution in [3.63, 3.8) is 0 Å². The van der Waals surface area contributed by atoms with Gasteiger partial charge in [0.05, 0.1) is 0 Å². The van der Waals surface area contributed by atoms with Gasteiger partial charge in [0.15, 0.2) is 0 Å². The molecule has 0 heterocycles. The van der Waals surface area contributed by atoms with E-state index < -0.39 is 0 Å². The fourth-order valence-corrected chi connectivity index (χ4v) is 0. The van der Waals surface area contributed by atoms with Crippen LogP contribution in [0.3, 0.4) is 0 Å². The zero-order valence-corrected chi connectivity index (χ0v) is 3.12. The minimum absolute atomic E-state index is 0. The molecular weight excluding hydrogens is 41.9 g/mol. The average molecular weight is 45.9 g/mol. The molecule has 0 saturated carbocycles. The molecule has 0 amide bonds. The van der Waals surface area contributed by atoms with Crippen molar-refractivity contribution in [2.75, 3.05) is 0 Å². The molecule has 0 aromatic rings. The van der Waals surface area contributed by atoms with Gasteiger partial charge in [0.25, 0.3) is 0 Å². The van der Waals surface area contributed by atoms with E-state index in [-0.39, 0.29) is 40.6 Å². The Hall–Kier alpha value is 0.865. The molecule has 0 aromatic heterocycles. The van der Waals surface area contributed by atoms with Crippen molar-refractivity contribution < 1.29 is 45.4 Å². The molecule has 0 aromatic carbocycles. The van der Waals surface area contributed by atoms with Gasteiger partial charge in [-0.25, -0.2) is 0 Å². The molecule has 0 unspecified atom stereocenters. The van der Waals surface area contributed by atoms with E-state index in [1.54, 1.807) is 0 Å². The van der Waals surface area contributed by atoms with Crippen LogP contribution in [-0.2, 0) is 4.79 Å². The minimum atomic E-state index is 0. The molecule has 0 fully saturated rings. The standard InChI is InChI=1S/CH2O.2Li.2H/c1-2;;;;/h1H2;;;;/q;2*+1;2*-1. The molecule has 0 N–H and O–H groups in total. The van der Waals surface area contributed by atoms with E-state index in [1.165, 1.54) is 0 Å². The second kappa shape index (κ2) is 42.4. The molecule has 0 spiro atoms. The molecule has 16 valence electrons. The van der Waals surface area contributed by atoms with Crippen LogP contribution in [0.1, 0.15) is 2.85 Å². The van der Waals surface area contributed by atoms with E-state index in [2.05, 4.69) is 0 Å². The van der Waals surface area contributed by atoms with E-state index in [0.717, 1.165) is 0 Å². The molecule has 0 radical (unpaired) electrons. The topological polar surface area (TPSA) is 17.1 Å². The van der Waals surface area contributed by atoms with E-state index in [9.17, 15) is 0 Å². The maximum absolute atomic E-state index is 8.00. The maximum Gasteiger partial charge on any atom is 1.00 e. The third-order valence-corrected chi connectivity index (χ3v) is 0. The van der Waals surface area contributed by atoms with Crippen LogP contribution in [0.2, 0.25) is 0 Å². The minimum Gasteiger partial charge on any atom is -1.00 e. The Morgan fingerprint density at radius 3 is 1.25 bits per heavy atom. The predicted molar refractivity (Wildman–Crippen MR) is 9.35 cm³/mol. The Balaban J connectivity index is -0.000000000833. The number of rotatable bonds is 0. The predicted octanol–water partition coefficient (Wildman–Crippen LogP) is -5.95. The first-order valence-electron chi connectivity index (χ1n) is 0.289. The number of carbonyl (C=O) groups is 1. The van der Waals surface area contributed by atoms with Gasteiger partial charge in [-0.1, -0.05) is 0 Å². The summed E-state index contributed by atoms with van der Waals surface area (Å²) in [6, 6.07) is 0. The summed E-state index contributed by atoms with van der Waals surface area (Å²) in [7, 11) is 0. The summed E-state index contributed by atoms with van der Waals surface area (Å²) in [6.07, 6.45) is 0. The number of hydrogen-bond acceptors (Lipinski definition) is 1. The molecule has 0 atom stereocenters. The first kappa shape index (κ1) is 20.9. The van der Waals surface area contributed by atoms with E-state index in [1.807, 2.05) is 6.79 Å². The molecule has 3 heteroatoms. The summed E-state index contributed by atoms with van der Waals surface area (Å²) in [5.74, 6) is 0. The smallest absolute Gasteiger partial charge is 1.00 e. The van der Waals surface area contributed by atoms with Crippen LogP contribution in [0.25, 0.3) is 0 Å². The van der Waals surface area contributed by atoms with Crippen molar-refractivity contribution in [1.29, 1.82) is 0 Å². The van der Waals surface area contributed by atoms with Crippen LogP contribution in [0.5, 0.6) is 0 Å². The van der Waals surface area contributed by atoms with Gasteiger partial charge < -0.3 is 7.65 Å². The molecule has 0 aliphatic heterocycles. The van der Waals surface area contributed by atoms with Crippen LogP contribution in [-0.4, -0.2) is 6.79 Å². The monoisotopic (exact) mass is 46.1 g/mol. The first-order valence-corrected chi connectivity index (χ1v) is 0.289. The molecule has 1 nitrogen and oxygen atoms in total. The number of carbonyl (C=O) groups excluding carboxylic acids is 1. The van der Waals surface area contributed by atoms with Crippen molar-refractivity contribution in [2.24, 2.45) is 0 Å². The zero-order chi connectivity index (χ0) is 2.00. The first-order chi connectivity index (χ1) is 1.00. The van der Waals surface area contributed by atoms with E-state index in [0.29, 0.717) is 0 Å². The SMILES string of the molecule is C=O.[H-].[H-].[Li+].[Li+]. The van der Waals surface area contributed by atoms with E-state index >= 15 is 0 Å². The molecule has 0 saturated heterocycles. The van der Waals surface area contributed by atoms with E-state index in [4.69, 9.17) is 4.79 Å². The van der Waals surface area contributed by atoms with Gasteiger partial charge in [0.2, 0.25) is 0 Å². The fraction of sp³-hybridized carbons (Fsp3) is 0. The normalized spacial score (nSPS) is 1.00. The molecule has 0 aliphatic carbocycles. The Bertz CT molecular complexity index is 11.5. The summed E-state index contributed by atoms with van der Waals surface area (Å²) >= 11 is 0. The van der Waals surface area contributed by atoms with Gasteiger partial charge in [-0.05, 0) is 0 Å². The zero-order valence-electron chi connectivity index (χ0n) is 5.12. The molecule has 0 bridgehead atoms. The van der Waals surface area contributed by atoms with Crippen molar-refractivity contribution in [3.05, 3.63) is 0 Å². The third-order valence-electron chi connectivity index (χ3n) is 0. The Morgan fingerprint density at radius 2 is 1.25 bits per heavy atom. The average Bonchev–Trinajstić information content (AvgIpc) is 1.00. The van der Waals surface area contributed by atoms with Crippen molar-refractivity contribution in [3.8, 4) is 0 Å². The molecular formula is CH4Li2O. The summed E-state index contributed by atoms with van der Waals surface area (Å²) in [5, 5.41) is 0. The van der Waals surface area contributed by atoms with Gasteiger partial charge in [-0.2, -0.15) is 0 Å². The third kappa shape index (κ3) is 13.3. The van der Waals surface area contributed by atoms with Crippen LogP contribution < -0.4 is 37.7 Å². The summed E-state index contributed by atoms with van der Waals surface area (Å²) in [5.41, 5.74) is 0. The summed E-state index contributed by atoms with van der Waals surface area (Å²) in [6.45, 7) is 2.00.